The fraction of sp³-hybridized carbons (Fsp3) is 0.480. The zero-order chi connectivity index (χ0) is 21.3. The van der Waals surface area contributed by atoms with Gasteiger partial charge in [0.1, 0.15) is 23.7 Å². The molecule has 1 heterocycles. The van der Waals surface area contributed by atoms with E-state index in [4.69, 9.17) is 21.1 Å². The van der Waals surface area contributed by atoms with Crippen LogP contribution in [0.15, 0.2) is 48.5 Å². The van der Waals surface area contributed by atoms with Gasteiger partial charge in [-0.1, -0.05) is 24.1 Å². The Labute approximate surface area is 184 Å². The van der Waals surface area contributed by atoms with Gasteiger partial charge < -0.3 is 14.4 Å². The molecule has 1 saturated carbocycles. The summed E-state index contributed by atoms with van der Waals surface area (Å²) in [4.78, 5) is 15.2. The predicted octanol–water partition coefficient (Wildman–Crippen LogP) is 5.84. The second kappa shape index (κ2) is 8.50. The second-order valence-corrected chi connectivity index (χ2v) is 9.82. The van der Waals surface area contributed by atoms with Gasteiger partial charge >= 0.3 is 0 Å². The molecule has 1 aliphatic carbocycles. The number of carbonyl (C=O) groups is 1. The Hall–Kier alpha value is -2.20. The number of fused-ring (bicyclic) bond motifs is 1. The third kappa shape index (κ3) is 4.75. The summed E-state index contributed by atoms with van der Waals surface area (Å²) in [7, 11) is 0. The first-order chi connectivity index (χ1) is 14.3. The normalized spacial score (nSPS) is 23.3. The summed E-state index contributed by atoms with van der Waals surface area (Å²) in [6.07, 6.45) is 3.60. The molecule has 1 aliphatic heterocycles. The highest BCUT2D eigenvalue weighted by molar-refractivity contribution is 6.30. The average Bonchev–Trinajstić information content (AvgIpc) is 3.27. The van der Waals surface area contributed by atoms with Crippen molar-refractivity contribution in [2.24, 2.45) is 11.8 Å². The van der Waals surface area contributed by atoms with Crippen LogP contribution in [0, 0.1) is 11.8 Å². The highest BCUT2D eigenvalue weighted by Gasteiger charge is 2.46. The van der Waals surface area contributed by atoms with Crippen LogP contribution in [0.2, 0.25) is 5.02 Å². The molecule has 5 heteroatoms. The van der Waals surface area contributed by atoms with E-state index >= 15 is 0 Å². The maximum Gasteiger partial charge on any atom is 0.254 e. The Morgan fingerprint density at radius 1 is 1.10 bits per heavy atom. The number of halogens is 1. The molecule has 30 heavy (non-hydrogen) atoms. The van der Waals surface area contributed by atoms with E-state index in [0.717, 1.165) is 24.5 Å². The predicted molar refractivity (Wildman–Crippen MR) is 119 cm³/mol. The van der Waals surface area contributed by atoms with Crippen LogP contribution in [0.1, 0.15) is 50.4 Å². The molecule has 0 bridgehead atoms. The summed E-state index contributed by atoms with van der Waals surface area (Å²) in [5.41, 5.74) is 0.418. The molecule has 0 N–H and O–H groups in total. The summed E-state index contributed by atoms with van der Waals surface area (Å²) < 4.78 is 12.0. The van der Waals surface area contributed by atoms with Crippen molar-refractivity contribution in [1.29, 1.82) is 0 Å². The SMILES string of the molecule is CC(C)(C)Oc1ccc(OCC2C3CCCC3CN2C(=O)c2cccc(Cl)c2)cc1. The minimum Gasteiger partial charge on any atom is -0.491 e. The van der Waals surface area contributed by atoms with E-state index in [0.29, 0.717) is 29.0 Å². The van der Waals surface area contributed by atoms with E-state index in [1.165, 1.54) is 12.8 Å². The van der Waals surface area contributed by atoms with Crippen LogP contribution in [-0.4, -0.2) is 35.6 Å². The molecular formula is C25H30ClNO3. The number of nitrogens with zero attached hydrogens (tertiary/aromatic N) is 1. The summed E-state index contributed by atoms with van der Waals surface area (Å²) in [6, 6.07) is 15.1. The van der Waals surface area contributed by atoms with Gasteiger partial charge in [0.15, 0.2) is 0 Å². The van der Waals surface area contributed by atoms with Crippen LogP contribution < -0.4 is 9.47 Å². The Morgan fingerprint density at radius 2 is 1.83 bits per heavy atom. The first-order valence-corrected chi connectivity index (χ1v) is 11.2. The fourth-order valence-electron chi connectivity index (χ4n) is 4.79. The largest absolute Gasteiger partial charge is 0.491 e. The Kier molecular flexibility index (Phi) is 5.97. The minimum atomic E-state index is -0.231. The third-order valence-electron chi connectivity index (χ3n) is 6.04. The van der Waals surface area contributed by atoms with Gasteiger partial charge in [0.2, 0.25) is 0 Å². The van der Waals surface area contributed by atoms with Gasteiger partial charge in [-0.15, -0.1) is 0 Å². The molecule has 0 aromatic heterocycles. The quantitative estimate of drug-likeness (QED) is 0.601. The zero-order valence-electron chi connectivity index (χ0n) is 17.9. The Balaban J connectivity index is 1.46. The van der Waals surface area contributed by atoms with Gasteiger partial charge in [0, 0.05) is 17.1 Å². The molecule has 3 atom stereocenters. The first kappa shape index (κ1) is 21.0. The van der Waals surface area contributed by atoms with Crippen molar-refractivity contribution < 1.29 is 14.3 Å². The van der Waals surface area contributed by atoms with Crippen molar-refractivity contribution in [2.75, 3.05) is 13.2 Å². The molecule has 1 saturated heterocycles. The van der Waals surface area contributed by atoms with Crippen molar-refractivity contribution in [3.05, 3.63) is 59.1 Å². The van der Waals surface area contributed by atoms with E-state index in [1.54, 1.807) is 12.1 Å². The number of amides is 1. The van der Waals surface area contributed by atoms with Crippen LogP contribution in [0.3, 0.4) is 0 Å². The van der Waals surface area contributed by atoms with E-state index in [-0.39, 0.29) is 17.6 Å². The highest BCUT2D eigenvalue weighted by atomic mass is 35.5. The van der Waals surface area contributed by atoms with Gasteiger partial charge in [-0.05, 0) is 87.9 Å². The molecule has 3 unspecified atom stereocenters. The zero-order valence-corrected chi connectivity index (χ0v) is 18.7. The maximum atomic E-state index is 13.2. The Morgan fingerprint density at radius 3 is 2.53 bits per heavy atom. The molecule has 1 amide bonds. The van der Waals surface area contributed by atoms with Gasteiger partial charge in [0.05, 0.1) is 6.04 Å². The van der Waals surface area contributed by atoms with Gasteiger partial charge in [-0.3, -0.25) is 4.79 Å². The lowest BCUT2D eigenvalue weighted by Crippen LogP contribution is -2.41. The third-order valence-corrected chi connectivity index (χ3v) is 6.28. The minimum absolute atomic E-state index is 0.0504. The van der Waals surface area contributed by atoms with Crippen LogP contribution in [0.5, 0.6) is 11.5 Å². The van der Waals surface area contributed by atoms with Crippen LogP contribution >= 0.6 is 11.6 Å². The lowest BCUT2D eigenvalue weighted by Gasteiger charge is -2.28. The van der Waals surface area contributed by atoms with Crippen molar-refractivity contribution in [2.45, 2.75) is 51.7 Å². The van der Waals surface area contributed by atoms with E-state index in [2.05, 4.69) is 0 Å². The lowest BCUT2D eigenvalue weighted by molar-refractivity contribution is 0.0655. The number of hydrogen-bond donors (Lipinski definition) is 0. The maximum absolute atomic E-state index is 13.2. The summed E-state index contributed by atoms with van der Waals surface area (Å²) >= 11 is 6.12. The number of ether oxygens (including phenoxy) is 2. The lowest BCUT2D eigenvalue weighted by atomic mass is 9.94. The smallest absolute Gasteiger partial charge is 0.254 e. The highest BCUT2D eigenvalue weighted by Crippen LogP contribution is 2.43. The molecule has 0 radical (unpaired) electrons. The Bertz CT molecular complexity index is 890. The van der Waals surface area contributed by atoms with Crippen molar-refractivity contribution in [3.63, 3.8) is 0 Å². The van der Waals surface area contributed by atoms with Gasteiger partial charge in [-0.25, -0.2) is 0 Å². The molecular weight excluding hydrogens is 398 g/mol. The van der Waals surface area contributed by atoms with Gasteiger partial charge in [0.25, 0.3) is 5.91 Å². The van der Waals surface area contributed by atoms with Crippen molar-refractivity contribution in [3.8, 4) is 11.5 Å². The van der Waals surface area contributed by atoms with Crippen LogP contribution in [0.25, 0.3) is 0 Å². The molecule has 4 rings (SSSR count). The number of rotatable bonds is 5. The average molecular weight is 428 g/mol. The van der Waals surface area contributed by atoms with E-state index in [9.17, 15) is 4.79 Å². The molecule has 2 aromatic carbocycles. The van der Waals surface area contributed by atoms with E-state index in [1.807, 2.05) is 62.1 Å². The fourth-order valence-corrected chi connectivity index (χ4v) is 4.98. The molecule has 2 aliphatic rings. The summed E-state index contributed by atoms with van der Waals surface area (Å²) in [5.74, 6) is 2.76. The molecule has 2 aromatic rings. The standard InChI is InChI=1S/C25H30ClNO3/c1-25(2,3)30-21-12-10-20(11-13-21)29-16-23-22-9-5-7-18(22)15-27(23)24(28)17-6-4-8-19(26)14-17/h4,6,8,10-14,18,22-23H,5,7,9,15-16H2,1-3H3. The number of hydrogen-bond acceptors (Lipinski definition) is 3. The summed E-state index contributed by atoms with van der Waals surface area (Å²) in [6.45, 7) is 7.40. The van der Waals surface area contributed by atoms with Crippen molar-refractivity contribution in [1.82, 2.24) is 4.90 Å². The van der Waals surface area contributed by atoms with E-state index < -0.39 is 0 Å². The molecule has 0 spiro atoms. The number of benzene rings is 2. The topological polar surface area (TPSA) is 38.8 Å². The molecule has 4 nitrogen and oxygen atoms in total. The second-order valence-electron chi connectivity index (χ2n) is 9.39. The van der Waals surface area contributed by atoms with Gasteiger partial charge in [-0.2, -0.15) is 0 Å². The van der Waals surface area contributed by atoms with Crippen LogP contribution in [-0.2, 0) is 0 Å². The number of carbonyl (C=O) groups excluding carboxylic acids is 1. The summed E-state index contributed by atoms with van der Waals surface area (Å²) in [5, 5.41) is 0.589. The first-order valence-electron chi connectivity index (χ1n) is 10.8. The number of likely N-dealkylation sites (tertiary alicyclic amines) is 1. The van der Waals surface area contributed by atoms with Crippen molar-refractivity contribution >= 4 is 17.5 Å². The molecule has 2 fully saturated rings. The molecule has 160 valence electrons. The monoisotopic (exact) mass is 427 g/mol. The van der Waals surface area contributed by atoms with Crippen LogP contribution in [0.4, 0.5) is 0 Å².